The standard InChI is InChI=1S/C13H21N3O/c1-10-8-15-13(7-12(10)14)16(2)9-11-3-5-17-6-4-11/h7-8,11H,3-6,9H2,1-2H3,(H2,14,15). The third-order valence-electron chi connectivity index (χ3n) is 3.39. The molecule has 2 rings (SSSR count). The SMILES string of the molecule is Cc1cnc(N(C)CC2CCOCC2)cc1N. The van der Waals surface area contributed by atoms with E-state index in [4.69, 9.17) is 10.5 Å². The van der Waals surface area contributed by atoms with Crippen LogP contribution < -0.4 is 10.6 Å². The fourth-order valence-corrected chi connectivity index (χ4v) is 2.15. The molecule has 0 radical (unpaired) electrons. The quantitative estimate of drug-likeness (QED) is 0.868. The van der Waals surface area contributed by atoms with Gasteiger partial charge >= 0.3 is 0 Å². The van der Waals surface area contributed by atoms with Crippen molar-refractivity contribution in [1.82, 2.24) is 4.98 Å². The first-order chi connectivity index (χ1) is 8.16. The van der Waals surface area contributed by atoms with Gasteiger partial charge < -0.3 is 15.4 Å². The van der Waals surface area contributed by atoms with Gasteiger partial charge in [-0.3, -0.25) is 0 Å². The maximum atomic E-state index is 5.90. The van der Waals surface area contributed by atoms with Crippen molar-refractivity contribution in [3.63, 3.8) is 0 Å². The summed E-state index contributed by atoms with van der Waals surface area (Å²) in [5.41, 5.74) is 7.75. The fourth-order valence-electron chi connectivity index (χ4n) is 2.15. The van der Waals surface area contributed by atoms with Gasteiger partial charge in [-0.15, -0.1) is 0 Å². The minimum atomic E-state index is 0.707. The van der Waals surface area contributed by atoms with Crippen molar-refractivity contribution < 1.29 is 4.74 Å². The van der Waals surface area contributed by atoms with Gasteiger partial charge in [0.2, 0.25) is 0 Å². The molecule has 2 N–H and O–H groups in total. The van der Waals surface area contributed by atoms with Crippen LogP contribution in [-0.4, -0.2) is 31.8 Å². The minimum Gasteiger partial charge on any atom is -0.398 e. The smallest absolute Gasteiger partial charge is 0.130 e. The average molecular weight is 235 g/mol. The van der Waals surface area contributed by atoms with E-state index in [0.717, 1.165) is 49.7 Å². The predicted molar refractivity (Wildman–Crippen MR) is 70.2 cm³/mol. The first-order valence-electron chi connectivity index (χ1n) is 6.18. The lowest BCUT2D eigenvalue weighted by molar-refractivity contribution is 0.0685. The number of ether oxygens (including phenoxy) is 1. The number of pyridine rings is 1. The van der Waals surface area contributed by atoms with E-state index in [1.165, 1.54) is 0 Å². The van der Waals surface area contributed by atoms with Crippen LogP contribution in [0.3, 0.4) is 0 Å². The Labute approximate surface area is 103 Å². The summed E-state index contributed by atoms with van der Waals surface area (Å²) in [6, 6.07) is 1.95. The second-order valence-corrected chi connectivity index (χ2v) is 4.84. The van der Waals surface area contributed by atoms with Crippen LogP contribution in [0.1, 0.15) is 18.4 Å². The number of nitrogen functional groups attached to an aromatic ring is 1. The van der Waals surface area contributed by atoms with E-state index in [1.54, 1.807) is 0 Å². The number of rotatable bonds is 3. The normalized spacial score (nSPS) is 17.1. The van der Waals surface area contributed by atoms with Crippen LogP contribution in [0.5, 0.6) is 0 Å². The zero-order valence-corrected chi connectivity index (χ0v) is 10.6. The Kier molecular flexibility index (Phi) is 3.84. The molecule has 0 atom stereocenters. The lowest BCUT2D eigenvalue weighted by atomic mass is 10.00. The molecule has 4 nitrogen and oxygen atoms in total. The molecule has 94 valence electrons. The Morgan fingerprint density at radius 2 is 2.18 bits per heavy atom. The van der Waals surface area contributed by atoms with E-state index in [1.807, 2.05) is 19.2 Å². The highest BCUT2D eigenvalue weighted by molar-refractivity contribution is 5.54. The van der Waals surface area contributed by atoms with E-state index >= 15 is 0 Å². The third kappa shape index (κ3) is 3.09. The fraction of sp³-hybridized carbons (Fsp3) is 0.615. The van der Waals surface area contributed by atoms with Crippen molar-refractivity contribution in [3.8, 4) is 0 Å². The molecule has 1 aliphatic rings. The summed E-state index contributed by atoms with van der Waals surface area (Å²) in [4.78, 5) is 6.61. The minimum absolute atomic E-state index is 0.707. The lowest BCUT2D eigenvalue weighted by Crippen LogP contribution is -2.30. The van der Waals surface area contributed by atoms with Crippen LogP contribution in [0.2, 0.25) is 0 Å². The Morgan fingerprint density at radius 3 is 2.82 bits per heavy atom. The Morgan fingerprint density at radius 1 is 1.47 bits per heavy atom. The lowest BCUT2D eigenvalue weighted by Gasteiger charge is -2.28. The third-order valence-corrected chi connectivity index (χ3v) is 3.39. The van der Waals surface area contributed by atoms with Gasteiger partial charge in [0.05, 0.1) is 0 Å². The zero-order valence-electron chi connectivity index (χ0n) is 10.6. The molecule has 1 aromatic rings. The molecule has 1 saturated heterocycles. The number of anilines is 2. The monoisotopic (exact) mass is 235 g/mol. The number of hydrogen-bond donors (Lipinski definition) is 1. The largest absolute Gasteiger partial charge is 0.398 e. The van der Waals surface area contributed by atoms with Crippen LogP contribution in [0.15, 0.2) is 12.3 Å². The molecular weight excluding hydrogens is 214 g/mol. The van der Waals surface area contributed by atoms with E-state index in [2.05, 4.69) is 16.9 Å². The van der Waals surface area contributed by atoms with Crippen LogP contribution in [0, 0.1) is 12.8 Å². The van der Waals surface area contributed by atoms with E-state index in [9.17, 15) is 0 Å². The van der Waals surface area contributed by atoms with Crippen molar-refractivity contribution in [2.75, 3.05) is 37.4 Å². The molecule has 4 heteroatoms. The highest BCUT2D eigenvalue weighted by atomic mass is 16.5. The predicted octanol–water partition coefficient (Wildman–Crippen LogP) is 1.84. The van der Waals surface area contributed by atoms with Crippen molar-refractivity contribution in [2.45, 2.75) is 19.8 Å². The highest BCUT2D eigenvalue weighted by Gasteiger charge is 2.16. The summed E-state index contributed by atoms with van der Waals surface area (Å²) in [6.45, 7) is 4.79. The summed E-state index contributed by atoms with van der Waals surface area (Å²) in [5.74, 6) is 1.66. The molecule has 0 saturated carbocycles. The Hall–Kier alpha value is -1.29. The van der Waals surface area contributed by atoms with Gasteiger partial charge in [-0.1, -0.05) is 0 Å². The number of aromatic nitrogens is 1. The van der Waals surface area contributed by atoms with Crippen LogP contribution >= 0.6 is 0 Å². The summed E-state index contributed by atoms with van der Waals surface area (Å²) in [7, 11) is 2.08. The van der Waals surface area contributed by atoms with E-state index in [0.29, 0.717) is 5.92 Å². The van der Waals surface area contributed by atoms with Crippen molar-refractivity contribution >= 4 is 11.5 Å². The summed E-state index contributed by atoms with van der Waals surface area (Å²) in [6.07, 6.45) is 4.13. The molecule has 0 bridgehead atoms. The summed E-state index contributed by atoms with van der Waals surface area (Å²) >= 11 is 0. The van der Waals surface area contributed by atoms with Crippen LogP contribution in [0.25, 0.3) is 0 Å². The highest BCUT2D eigenvalue weighted by Crippen LogP contribution is 2.21. The first kappa shape index (κ1) is 12.2. The van der Waals surface area contributed by atoms with Crippen LogP contribution in [0.4, 0.5) is 11.5 Å². The van der Waals surface area contributed by atoms with Gasteiger partial charge in [-0.05, 0) is 31.2 Å². The molecule has 1 aliphatic heterocycles. The Bertz CT molecular complexity index is 375. The summed E-state index contributed by atoms with van der Waals surface area (Å²) < 4.78 is 5.37. The summed E-state index contributed by atoms with van der Waals surface area (Å²) in [5, 5.41) is 0. The molecule has 17 heavy (non-hydrogen) atoms. The van der Waals surface area contributed by atoms with E-state index < -0.39 is 0 Å². The molecule has 0 aliphatic carbocycles. The van der Waals surface area contributed by atoms with Crippen molar-refractivity contribution in [3.05, 3.63) is 17.8 Å². The maximum Gasteiger partial charge on any atom is 0.130 e. The molecule has 0 unspecified atom stereocenters. The second-order valence-electron chi connectivity index (χ2n) is 4.84. The molecule has 2 heterocycles. The van der Waals surface area contributed by atoms with Gasteiger partial charge in [0, 0.05) is 44.8 Å². The van der Waals surface area contributed by atoms with Crippen molar-refractivity contribution in [1.29, 1.82) is 0 Å². The maximum absolute atomic E-state index is 5.90. The van der Waals surface area contributed by atoms with Gasteiger partial charge in [-0.2, -0.15) is 0 Å². The van der Waals surface area contributed by atoms with Crippen molar-refractivity contribution in [2.24, 2.45) is 5.92 Å². The molecule has 0 aromatic carbocycles. The molecule has 1 aromatic heterocycles. The second kappa shape index (κ2) is 5.36. The molecule has 1 fully saturated rings. The van der Waals surface area contributed by atoms with Gasteiger partial charge in [0.1, 0.15) is 5.82 Å². The topological polar surface area (TPSA) is 51.4 Å². The van der Waals surface area contributed by atoms with E-state index in [-0.39, 0.29) is 0 Å². The molecule has 0 amide bonds. The van der Waals surface area contributed by atoms with Gasteiger partial charge in [0.15, 0.2) is 0 Å². The first-order valence-corrected chi connectivity index (χ1v) is 6.18. The zero-order chi connectivity index (χ0) is 12.3. The average Bonchev–Trinajstić information content (AvgIpc) is 2.34. The van der Waals surface area contributed by atoms with Gasteiger partial charge in [-0.25, -0.2) is 4.98 Å². The molecule has 0 spiro atoms. The number of hydrogen-bond acceptors (Lipinski definition) is 4. The van der Waals surface area contributed by atoms with Crippen LogP contribution in [-0.2, 0) is 4.74 Å². The Balaban J connectivity index is 1.98. The van der Waals surface area contributed by atoms with Gasteiger partial charge in [0.25, 0.3) is 0 Å². The number of nitrogens with zero attached hydrogens (tertiary/aromatic N) is 2. The number of nitrogens with two attached hydrogens (primary N) is 1. The molecular formula is C13H21N3O. The number of aryl methyl sites for hydroxylation is 1.